The summed E-state index contributed by atoms with van der Waals surface area (Å²) >= 11 is 0. The Balaban J connectivity index is 1.40. The summed E-state index contributed by atoms with van der Waals surface area (Å²) in [5.74, 6) is -0.746. The highest BCUT2D eigenvalue weighted by molar-refractivity contribution is 5.90. The lowest BCUT2D eigenvalue weighted by molar-refractivity contribution is -0.116. The molecule has 0 aliphatic carbocycles. The maximum Gasteiger partial charge on any atom is 0.407 e. The van der Waals surface area contributed by atoms with Gasteiger partial charge < -0.3 is 15.4 Å². The number of hydrogen-bond donors (Lipinski definition) is 2. The van der Waals surface area contributed by atoms with E-state index in [1.165, 1.54) is 10.7 Å². The van der Waals surface area contributed by atoms with Crippen LogP contribution in [0.2, 0.25) is 0 Å². The SMILES string of the molecule is Cc1cc(C)n(-c2ccc(NC(=O)CCCNC(=O)OCc3ccccc3)cc2F)n1. The van der Waals surface area contributed by atoms with Gasteiger partial charge in [-0.25, -0.2) is 13.9 Å². The number of rotatable bonds is 8. The van der Waals surface area contributed by atoms with Crippen molar-refractivity contribution in [2.24, 2.45) is 0 Å². The maximum absolute atomic E-state index is 14.5. The van der Waals surface area contributed by atoms with E-state index in [1.54, 1.807) is 12.1 Å². The second kappa shape index (κ2) is 10.4. The van der Waals surface area contributed by atoms with Crippen molar-refractivity contribution in [3.63, 3.8) is 0 Å². The topological polar surface area (TPSA) is 85.2 Å². The van der Waals surface area contributed by atoms with Gasteiger partial charge in [0.05, 0.1) is 5.69 Å². The highest BCUT2D eigenvalue weighted by Gasteiger charge is 2.11. The summed E-state index contributed by atoms with van der Waals surface area (Å²) in [6.45, 7) is 4.17. The Morgan fingerprint density at radius 1 is 1.10 bits per heavy atom. The smallest absolute Gasteiger partial charge is 0.407 e. The molecule has 0 fully saturated rings. The maximum atomic E-state index is 14.5. The van der Waals surface area contributed by atoms with E-state index in [1.807, 2.05) is 50.2 Å². The number of alkyl carbamates (subject to hydrolysis) is 1. The van der Waals surface area contributed by atoms with Crippen LogP contribution in [0.5, 0.6) is 0 Å². The third kappa shape index (κ3) is 6.40. The van der Waals surface area contributed by atoms with Crippen LogP contribution in [0.15, 0.2) is 54.6 Å². The largest absolute Gasteiger partial charge is 0.445 e. The predicted octanol–water partition coefficient (Wildman–Crippen LogP) is 4.27. The Morgan fingerprint density at radius 3 is 2.55 bits per heavy atom. The lowest BCUT2D eigenvalue weighted by Gasteiger charge is -2.10. The van der Waals surface area contributed by atoms with Gasteiger partial charge in [0.2, 0.25) is 5.91 Å². The molecule has 0 unspecified atom stereocenters. The van der Waals surface area contributed by atoms with Gasteiger partial charge in [-0.2, -0.15) is 5.10 Å². The summed E-state index contributed by atoms with van der Waals surface area (Å²) in [6.07, 6.45) is 0.0735. The lowest BCUT2D eigenvalue weighted by atomic mass is 10.2. The average molecular weight is 424 g/mol. The van der Waals surface area contributed by atoms with Gasteiger partial charge in [-0.3, -0.25) is 4.79 Å². The lowest BCUT2D eigenvalue weighted by Crippen LogP contribution is -2.26. The van der Waals surface area contributed by atoms with E-state index < -0.39 is 11.9 Å². The van der Waals surface area contributed by atoms with Crippen LogP contribution in [0.25, 0.3) is 5.69 Å². The summed E-state index contributed by atoms with van der Waals surface area (Å²) in [6, 6.07) is 15.7. The van der Waals surface area contributed by atoms with Crippen LogP contribution in [0.4, 0.5) is 14.9 Å². The summed E-state index contributed by atoms with van der Waals surface area (Å²) in [5.41, 5.74) is 3.20. The number of aryl methyl sites for hydroxylation is 2. The third-order valence-corrected chi connectivity index (χ3v) is 4.53. The number of anilines is 1. The number of ether oxygens (including phenoxy) is 1. The van der Waals surface area contributed by atoms with Crippen molar-refractivity contribution in [2.45, 2.75) is 33.3 Å². The van der Waals surface area contributed by atoms with Gasteiger partial charge in [0.25, 0.3) is 0 Å². The normalized spacial score (nSPS) is 10.5. The number of halogens is 1. The van der Waals surface area contributed by atoms with Crippen molar-refractivity contribution in [1.82, 2.24) is 15.1 Å². The molecule has 31 heavy (non-hydrogen) atoms. The minimum atomic E-state index is -0.536. The van der Waals surface area contributed by atoms with E-state index in [-0.39, 0.29) is 18.9 Å². The minimum Gasteiger partial charge on any atom is -0.445 e. The highest BCUT2D eigenvalue weighted by atomic mass is 19.1. The van der Waals surface area contributed by atoms with Crippen molar-refractivity contribution in [3.8, 4) is 5.69 Å². The number of carbonyl (C=O) groups excluding carboxylic acids is 2. The number of aromatic nitrogens is 2. The van der Waals surface area contributed by atoms with E-state index in [0.29, 0.717) is 24.3 Å². The molecule has 0 bridgehead atoms. The van der Waals surface area contributed by atoms with Crippen LogP contribution >= 0.6 is 0 Å². The number of hydrogen-bond acceptors (Lipinski definition) is 4. The number of nitrogens with zero attached hydrogens (tertiary/aromatic N) is 2. The van der Waals surface area contributed by atoms with E-state index in [2.05, 4.69) is 15.7 Å². The molecular weight excluding hydrogens is 399 g/mol. The molecule has 7 nitrogen and oxygen atoms in total. The standard InChI is InChI=1S/C23H25FN4O3/c1-16-13-17(2)28(27-16)21-11-10-19(14-20(21)24)26-22(29)9-6-12-25-23(30)31-15-18-7-4-3-5-8-18/h3-5,7-8,10-11,13-14H,6,9,12,15H2,1-2H3,(H,25,30)(H,26,29). The molecule has 8 heteroatoms. The van der Waals surface area contributed by atoms with Crippen molar-refractivity contribution >= 4 is 17.7 Å². The first kappa shape index (κ1) is 22.0. The van der Waals surface area contributed by atoms with E-state index >= 15 is 0 Å². The first-order valence-electron chi connectivity index (χ1n) is 10.00. The first-order valence-corrected chi connectivity index (χ1v) is 10.00. The molecule has 0 aliphatic rings. The fraction of sp³-hybridized carbons (Fsp3) is 0.261. The molecule has 2 N–H and O–H groups in total. The number of amides is 2. The molecule has 0 spiro atoms. The van der Waals surface area contributed by atoms with Gasteiger partial charge in [0, 0.05) is 24.3 Å². The Bertz CT molecular complexity index is 1050. The number of carbonyl (C=O) groups is 2. The Morgan fingerprint density at radius 2 is 1.87 bits per heavy atom. The molecule has 0 saturated carbocycles. The van der Waals surface area contributed by atoms with Crippen LogP contribution in [-0.4, -0.2) is 28.3 Å². The van der Waals surface area contributed by atoms with Crippen LogP contribution in [0.3, 0.4) is 0 Å². The Labute approximate surface area is 180 Å². The second-order valence-corrected chi connectivity index (χ2v) is 7.15. The van der Waals surface area contributed by atoms with Crippen LogP contribution in [-0.2, 0) is 16.1 Å². The zero-order valence-corrected chi connectivity index (χ0v) is 17.5. The zero-order chi connectivity index (χ0) is 22.2. The fourth-order valence-corrected chi connectivity index (χ4v) is 3.07. The molecule has 3 aromatic rings. The minimum absolute atomic E-state index is 0.180. The molecule has 0 aliphatic heterocycles. The van der Waals surface area contributed by atoms with Crippen molar-refractivity contribution in [2.75, 3.05) is 11.9 Å². The van der Waals surface area contributed by atoms with E-state index in [9.17, 15) is 14.0 Å². The second-order valence-electron chi connectivity index (χ2n) is 7.15. The first-order chi connectivity index (χ1) is 14.9. The van der Waals surface area contributed by atoms with Gasteiger partial charge in [0.1, 0.15) is 12.3 Å². The molecular formula is C23H25FN4O3. The molecule has 2 aromatic carbocycles. The summed E-state index contributed by atoms with van der Waals surface area (Å²) < 4.78 is 21.1. The van der Waals surface area contributed by atoms with E-state index in [4.69, 9.17) is 4.74 Å². The van der Waals surface area contributed by atoms with E-state index in [0.717, 1.165) is 17.0 Å². The van der Waals surface area contributed by atoms with Crippen LogP contribution < -0.4 is 10.6 Å². The van der Waals surface area contributed by atoms with Crippen LogP contribution in [0, 0.1) is 19.7 Å². The molecule has 2 amide bonds. The summed E-state index contributed by atoms with van der Waals surface area (Å²) in [4.78, 5) is 23.8. The molecule has 3 rings (SSSR count). The molecule has 0 saturated heterocycles. The molecule has 0 radical (unpaired) electrons. The monoisotopic (exact) mass is 424 g/mol. The van der Waals surface area contributed by atoms with Crippen LogP contribution in [0.1, 0.15) is 29.8 Å². The molecule has 1 heterocycles. The van der Waals surface area contributed by atoms with Gasteiger partial charge in [-0.1, -0.05) is 30.3 Å². The average Bonchev–Trinajstić information content (AvgIpc) is 3.08. The summed E-state index contributed by atoms with van der Waals surface area (Å²) in [7, 11) is 0. The third-order valence-electron chi connectivity index (χ3n) is 4.53. The molecule has 0 atom stereocenters. The van der Waals surface area contributed by atoms with Crippen molar-refractivity contribution in [3.05, 3.63) is 77.4 Å². The van der Waals surface area contributed by atoms with Crippen molar-refractivity contribution in [1.29, 1.82) is 0 Å². The molecule has 162 valence electrons. The van der Waals surface area contributed by atoms with Gasteiger partial charge in [-0.15, -0.1) is 0 Å². The van der Waals surface area contributed by atoms with Gasteiger partial charge in [-0.05, 0) is 50.1 Å². The quantitative estimate of drug-likeness (QED) is 0.529. The van der Waals surface area contributed by atoms with Gasteiger partial charge >= 0.3 is 6.09 Å². The van der Waals surface area contributed by atoms with Crippen molar-refractivity contribution < 1.29 is 18.7 Å². The Hall–Kier alpha value is -3.68. The molecule has 1 aromatic heterocycles. The highest BCUT2D eigenvalue weighted by Crippen LogP contribution is 2.20. The fourth-order valence-electron chi connectivity index (χ4n) is 3.07. The zero-order valence-electron chi connectivity index (χ0n) is 17.5. The Kier molecular flexibility index (Phi) is 7.37. The summed E-state index contributed by atoms with van der Waals surface area (Å²) in [5, 5.41) is 9.54. The number of benzene rings is 2. The number of nitrogens with one attached hydrogen (secondary N) is 2. The van der Waals surface area contributed by atoms with Gasteiger partial charge in [0.15, 0.2) is 5.82 Å². The predicted molar refractivity (Wildman–Crippen MR) is 115 cm³/mol.